The molecule has 0 aromatic carbocycles. The molecule has 0 aliphatic heterocycles. The number of carbonyl (C=O) groups excluding carboxylic acids is 1. The Morgan fingerprint density at radius 1 is 0.364 bits per heavy atom. The summed E-state index contributed by atoms with van der Waals surface area (Å²) in [5, 5.41) is 23.3. The highest BCUT2D eigenvalue weighted by atomic mass is 16.3. The van der Waals surface area contributed by atoms with Gasteiger partial charge in [-0.05, 0) is 12.8 Å². The van der Waals surface area contributed by atoms with Gasteiger partial charge in [0.15, 0.2) is 0 Å². The van der Waals surface area contributed by atoms with Crippen LogP contribution in [-0.4, -0.2) is 34.9 Å². The fourth-order valence-electron chi connectivity index (χ4n) is 8.42. The minimum atomic E-state index is -0.654. The molecule has 0 aromatic rings. The van der Waals surface area contributed by atoms with Gasteiger partial charge in [-0.1, -0.05) is 284 Å². The van der Waals surface area contributed by atoms with Crippen LogP contribution in [0.2, 0.25) is 0 Å². The molecular formula is C51H103NO3. The van der Waals surface area contributed by atoms with Crippen molar-refractivity contribution >= 4 is 5.91 Å². The van der Waals surface area contributed by atoms with E-state index in [1.807, 2.05) is 0 Å². The van der Waals surface area contributed by atoms with Crippen LogP contribution in [-0.2, 0) is 4.79 Å². The fraction of sp³-hybridized carbons (Fsp3) is 0.980. The molecule has 0 aliphatic rings. The number of amides is 1. The zero-order valence-corrected chi connectivity index (χ0v) is 38.0. The molecule has 0 radical (unpaired) electrons. The third-order valence-corrected chi connectivity index (χ3v) is 12.4. The molecule has 0 fully saturated rings. The molecule has 2 unspecified atom stereocenters. The Kier molecular flexibility index (Phi) is 47.2. The van der Waals surface area contributed by atoms with E-state index in [1.54, 1.807) is 0 Å². The van der Waals surface area contributed by atoms with Crippen LogP contribution in [0.25, 0.3) is 0 Å². The maximum Gasteiger partial charge on any atom is 0.220 e. The number of hydrogen-bond acceptors (Lipinski definition) is 3. The van der Waals surface area contributed by atoms with Crippen molar-refractivity contribution in [2.75, 3.05) is 6.61 Å². The van der Waals surface area contributed by atoms with Crippen molar-refractivity contribution < 1.29 is 15.0 Å². The van der Waals surface area contributed by atoms with Gasteiger partial charge in [0.25, 0.3) is 0 Å². The van der Waals surface area contributed by atoms with Crippen LogP contribution in [0.1, 0.15) is 303 Å². The summed E-state index contributed by atoms with van der Waals surface area (Å²) in [6.45, 7) is 4.39. The molecule has 0 saturated heterocycles. The molecule has 0 heterocycles. The van der Waals surface area contributed by atoms with Crippen LogP contribution < -0.4 is 5.32 Å². The van der Waals surface area contributed by atoms with Crippen molar-refractivity contribution in [2.24, 2.45) is 0 Å². The predicted octanol–water partition coefficient (Wildman–Crippen LogP) is 16.4. The van der Waals surface area contributed by atoms with Crippen molar-refractivity contribution in [3.05, 3.63) is 0 Å². The molecule has 330 valence electrons. The summed E-state index contributed by atoms with van der Waals surface area (Å²) >= 11 is 0. The first-order chi connectivity index (χ1) is 27.2. The van der Waals surface area contributed by atoms with E-state index >= 15 is 0 Å². The van der Waals surface area contributed by atoms with E-state index in [1.165, 1.54) is 250 Å². The average Bonchev–Trinajstić information content (AvgIpc) is 3.19. The smallest absolute Gasteiger partial charge is 0.220 e. The number of hydrogen-bond donors (Lipinski definition) is 3. The Hall–Kier alpha value is -0.610. The minimum Gasteiger partial charge on any atom is -0.394 e. The summed E-state index contributed by atoms with van der Waals surface area (Å²) in [6, 6.07) is -0.530. The van der Waals surface area contributed by atoms with Crippen LogP contribution in [0.3, 0.4) is 0 Å². The van der Waals surface area contributed by atoms with E-state index < -0.39 is 12.1 Å². The van der Waals surface area contributed by atoms with Crippen LogP contribution in [0, 0.1) is 0 Å². The lowest BCUT2D eigenvalue weighted by atomic mass is 10.0. The van der Waals surface area contributed by atoms with Crippen molar-refractivity contribution in [2.45, 2.75) is 315 Å². The normalized spacial score (nSPS) is 12.7. The van der Waals surface area contributed by atoms with Gasteiger partial charge in [0.05, 0.1) is 18.8 Å². The molecule has 55 heavy (non-hydrogen) atoms. The second-order valence-corrected chi connectivity index (χ2v) is 18.0. The molecule has 0 bridgehead atoms. The second-order valence-electron chi connectivity index (χ2n) is 18.0. The molecule has 0 rings (SSSR count). The highest BCUT2D eigenvalue weighted by Gasteiger charge is 2.20. The lowest BCUT2D eigenvalue weighted by molar-refractivity contribution is -0.123. The van der Waals surface area contributed by atoms with Gasteiger partial charge in [0.1, 0.15) is 0 Å². The summed E-state index contributed by atoms with van der Waals surface area (Å²) in [5.74, 6) is -0.0248. The first-order valence-corrected chi connectivity index (χ1v) is 25.7. The Morgan fingerprint density at radius 3 is 0.818 bits per heavy atom. The lowest BCUT2D eigenvalue weighted by Gasteiger charge is -2.22. The van der Waals surface area contributed by atoms with E-state index in [9.17, 15) is 15.0 Å². The van der Waals surface area contributed by atoms with E-state index in [0.717, 1.165) is 25.7 Å². The van der Waals surface area contributed by atoms with E-state index in [2.05, 4.69) is 19.2 Å². The van der Waals surface area contributed by atoms with E-state index in [0.29, 0.717) is 12.8 Å². The standard InChI is InChI=1S/C51H103NO3/c1-3-5-7-9-11-13-15-17-19-20-21-22-23-24-25-26-27-28-29-30-31-33-34-36-38-40-42-44-46-50(54)49(48-53)52-51(55)47-45-43-41-39-37-35-32-18-16-14-12-10-8-6-4-2/h49-50,53-54H,3-48H2,1-2H3,(H,52,55). The van der Waals surface area contributed by atoms with E-state index in [4.69, 9.17) is 0 Å². The van der Waals surface area contributed by atoms with Crippen molar-refractivity contribution in [3.63, 3.8) is 0 Å². The summed E-state index contributed by atoms with van der Waals surface area (Å²) in [6.07, 6.45) is 59.3. The maximum absolute atomic E-state index is 12.4. The second kappa shape index (κ2) is 47.8. The van der Waals surface area contributed by atoms with Gasteiger partial charge in [0.2, 0.25) is 5.91 Å². The zero-order chi connectivity index (χ0) is 40.0. The fourth-order valence-corrected chi connectivity index (χ4v) is 8.42. The number of nitrogens with one attached hydrogen (secondary N) is 1. The van der Waals surface area contributed by atoms with Crippen molar-refractivity contribution in [3.8, 4) is 0 Å². The van der Waals surface area contributed by atoms with Crippen LogP contribution in [0.5, 0.6) is 0 Å². The maximum atomic E-state index is 12.4. The number of rotatable bonds is 48. The Labute approximate surface area is 346 Å². The van der Waals surface area contributed by atoms with Crippen LogP contribution in [0.15, 0.2) is 0 Å². The molecule has 1 amide bonds. The Bertz CT molecular complexity index is 714. The SMILES string of the molecule is CCCCCCCCCCCCCCCCCCCCCCCCCCCCCCC(O)C(CO)NC(=O)CCCCCCCCCCCCCCCCC. The summed E-state index contributed by atoms with van der Waals surface area (Å²) in [5.41, 5.74) is 0. The Balaban J connectivity index is 3.39. The van der Waals surface area contributed by atoms with Crippen molar-refractivity contribution in [1.29, 1.82) is 0 Å². The lowest BCUT2D eigenvalue weighted by Crippen LogP contribution is -2.45. The van der Waals surface area contributed by atoms with Gasteiger partial charge >= 0.3 is 0 Å². The molecule has 0 aromatic heterocycles. The summed E-state index contributed by atoms with van der Waals surface area (Å²) < 4.78 is 0. The van der Waals surface area contributed by atoms with Gasteiger partial charge in [0, 0.05) is 6.42 Å². The molecule has 0 spiro atoms. The average molecular weight is 778 g/mol. The molecule has 4 nitrogen and oxygen atoms in total. The molecule has 3 N–H and O–H groups in total. The number of aliphatic hydroxyl groups excluding tert-OH is 2. The third-order valence-electron chi connectivity index (χ3n) is 12.4. The van der Waals surface area contributed by atoms with Crippen LogP contribution in [0.4, 0.5) is 0 Å². The number of carbonyl (C=O) groups is 1. The predicted molar refractivity (Wildman–Crippen MR) is 244 cm³/mol. The first kappa shape index (κ1) is 54.4. The third kappa shape index (κ3) is 44.3. The highest BCUT2D eigenvalue weighted by Crippen LogP contribution is 2.18. The minimum absolute atomic E-state index is 0.0248. The molecule has 0 saturated carbocycles. The quantitative estimate of drug-likeness (QED) is 0.0539. The van der Waals surface area contributed by atoms with Gasteiger partial charge < -0.3 is 15.5 Å². The molecule has 0 aliphatic carbocycles. The number of unbranched alkanes of at least 4 members (excludes halogenated alkanes) is 41. The molecule has 4 heteroatoms. The summed E-state index contributed by atoms with van der Waals surface area (Å²) in [7, 11) is 0. The largest absolute Gasteiger partial charge is 0.394 e. The Morgan fingerprint density at radius 2 is 0.582 bits per heavy atom. The highest BCUT2D eigenvalue weighted by molar-refractivity contribution is 5.76. The molecule has 2 atom stereocenters. The van der Waals surface area contributed by atoms with Gasteiger partial charge in [-0.25, -0.2) is 0 Å². The number of aliphatic hydroxyl groups is 2. The molecular weight excluding hydrogens is 675 g/mol. The topological polar surface area (TPSA) is 69.6 Å². The van der Waals surface area contributed by atoms with Gasteiger partial charge in [-0.2, -0.15) is 0 Å². The van der Waals surface area contributed by atoms with Crippen molar-refractivity contribution in [1.82, 2.24) is 5.32 Å². The van der Waals surface area contributed by atoms with Gasteiger partial charge in [-0.3, -0.25) is 4.79 Å². The monoisotopic (exact) mass is 778 g/mol. The zero-order valence-electron chi connectivity index (χ0n) is 38.0. The van der Waals surface area contributed by atoms with Gasteiger partial charge in [-0.15, -0.1) is 0 Å². The first-order valence-electron chi connectivity index (χ1n) is 25.7. The van der Waals surface area contributed by atoms with Crippen LogP contribution >= 0.6 is 0 Å². The summed E-state index contributed by atoms with van der Waals surface area (Å²) in [4.78, 5) is 12.4. The van der Waals surface area contributed by atoms with E-state index in [-0.39, 0.29) is 12.5 Å².